The van der Waals surface area contributed by atoms with Crippen molar-refractivity contribution in [2.75, 3.05) is 25.1 Å². The lowest BCUT2D eigenvalue weighted by Crippen LogP contribution is -2.57. The molecule has 2 aromatic rings. The quantitative estimate of drug-likeness (QED) is 0.865. The molecule has 0 spiro atoms. The van der Waals surface area contributed by atoms with Crippen molar-refractivity contribution in [2.45, 2.75) is 19.9 Å². The number of amides is 2. The van der Waals surface area contributed by atoms with Gasteiger partial charge in [0.2, 0.25) is 5.91 Å². The molecule has 0 saturated carbocycles. The molecule has 5 heteroatoms. The van der Waals surface area contributed by atoms with E-state index in [0.717, 1.165) is 11.3 Å². The molecule has 1 saturated heterocycles. The molecule has 1 aliphatic rings. The average Bonchev–Trinajstić information content (AvgIpc) is 2.64. The summed E-state index contributed by atoms with van der Waals surface area (Å²) in [6, 6.07) is 14.3. The van der Waals surface area contributed by atoms with Crippen molar-refractivity contribution in [2.24, 2.45) is 0 Å². The van der Waals surface area contributed by atoms with Gasteiger partial charge in [0.15, 0.2) is 0 Å². The number of benzene rings is 2. The molecule has 2 amide bonds. The summed E-state index contributed by atoms with van der Waals surface area (Å²) in [6.45, 7) is 4.72. The number of aryl methyl sites for hydroxylation is 1. The molecule has 1 atom stereocenters. The minimum atomic E-state index is -0.506. The second-order valence-electron chi connectivity index (χ2n) is 6.23. The number of carbonyl (C=O) groups excluding carboxylic acids is 2. The third-order valence-corrected chi connectivity index (χ3v) is 4.58. The van der Waals surface area contributed by atoms with Crippen molar-refractivity contribution in [1.29, 1.82) is 0 Å². The largest absolute Gasteiger partial charge is 0.497 e. The van der Waals surface area contributed by atoms with Gasteiger partial charge in [-0.1, -0.05) is 23.8 Å². The topological polar surface area (TPSA) is 49.9 Å². The Morgan fingerprint density at radius 3 is 2.52 bits per heavy atom. The molecular weight excluding hydrogens is 316 g/mol. The van der Waals surface area contributed by atoms with Gasteiger partial charge < -0.3 is 14.5 Å². The molecule has 5 nitrogen and oxygen atoms in total. The first-order valence-corrected chi connectivity index (χ1v) is 8.34. The van der Waals surface area contributed by atoms with Gasteiger partial charge in [0, 0.05) is 30.4 Å². The molecule has 0 aliphatic carbocycles. The normalized spacial score (nSPS) is 17.6. The maximum Gasteiger partial charge on any atom is 0.254 e. The van der Waals surface area contributed by atoms with Crippen molar-refractivity contribution in [3.8, 4) is 5.75 Å². The molecule has 3 rings (SSSR count). The predicted molar refractivity (Wildman–Crippen MR) is 97.0 cm³/mol. The average molecular weight is 338 g/mol. The van der Waals surface area contributed by atoms with E-state index >= 15 is 0 Å². The second-order valence-corrected chi connectivity index (χ2v) is 6.23. The lowest BCUT2D eigenvalue weighted by Gasteiger charge is -2.39. The molecule has 1 aliphatic heterocycles. The van der Waals surface area contributed by atoms with Crippen molar-refractivity contribution >= 4 is 17.5 Å². The van der Waals surface area contributed by atoms with Crippen LogP contribution in [0.2, 0.25) is 0 Å². The van der Waals surface area contributed by atoms with Crippen molar-refractivity contribution in [3.05, 3.63) is 59.7 Å². The first-order valence-electron chi connectivity index (χ1n) is 8.34. The summed E-state index contributed by atoms with van der Waals surface area (Å²) in [7, 11) is 1.60. The lowest BCUT2D eigenvalue weighted by molar-refractivity contribution is -0.124. The Morgan fingerprint density at radius 1 is 1.12 bits per heavy atom. The number of ether oxygens (including phenoxy) is 1. The van der Waals surface area contributed by atoms with E-state index in [-0.39, 0.29) is 11.8 Å². The number of anilines is 1. The summed E-state index contributed by atoms with van der Waals surface area (Å²) in [6.07, 6.45) is 0. The molecule has 1 heterocycles. The van der Waals surface area contributed by atoms with Crippen molar-refractivity contribution < 1.29 is 14.3 Å². The zero-order valence-electron chi connectivity index (χ0n) is 14.7. The van der Waals surface area contributed by atoms with E-state index in [0.29, 0.717) is 24.4 Å². The highest BCUT2D eigenvalue weighted by Gasteiger charge is 2.35. The number of rotatable bonds is 3. The van der Waals surface area contributed by atoms with Crippen LogP contribution in [0.15, 0.2) is 48.5 Å². The summed E-state index contributed by atoms with van der Waals surface area (Å²) in [5, 5.41) is 0. The smallest absolute Gasteiger partial charge is 0.254 e. The fourth-order valence-electron chi connectivity index (χ4n) is 3.04. The van der Waals surface area contributed by atoms with Crippen molar-refractivity contribution in [1.82, 2.24) is 4.90 Å². The Kier molecular flexibility index (Phi) is 4.74. The van der Waals surface area contributed by atoms with E-state index in [9.17, 15) is 9.59 Å². The third-order valence-electron chi connectivity index (χ3n) is 4.58. The molecule has 130 valence electrons. The van der Waals surface area contributed by atoms with Gasteiger partial charge in [0.1, 0.15) is 11.8 Å². The third kappa shape index (κ3) is 3.36. The number of hydrogen-bond donors (Lipinski definition) is 0. The van der Waals surface area contributed by atoms with Crippen molar-refractivity contribution in [3.63, 3.8) is 0 Å². The summed E-state index contributed by atoms with van der Waals surface area (Å²) < 4.78 is 5.23. The molecule has 2 aromatic carbocycles. The monoisotopic (exact) mass is 338 g/mol. The van der Waals surface area contributed by atoms with E-state index < -0.39 is 6.04 Å². The molecule has 0 bridgehead atoms. The molecular formula is C20H22N2O3. The van der Waals surface area contributed by atoms with Crippen LogP contribution in [0.25, 0.3) is 0 Å². The van der Waals surface area contributed by atoms with Gasteiger partial charge in [-0.2, -0.15) is 0 Å². The zero-order chi connectivity index (χ0) is 18.0. The summed E-state index contributed by atoms with van der Waals surface area (Å²) >= 11 is 0. The van der Waals surface area contributed by atoms with E-state index in [2.05, 4.69) is 0 Å². The van der Waals surface area contributed by atoms with Gasteiger partial charge in [0.25, 0.3) is 5.91 Å². The minimum absolute atomic E-state index is 0.0834. The molecule has 1 unspecified atom stereocenters. The number of carbonyl (C=O) groups is 2. The Labute approximate surface area is 147 Å². The van der Waals surface area contributed by atoms with Gasteiger partial charge in [-0.05, 0) is 38.1 Å². The number of hydrogen-bond acceptors (Lipinski definition) is 3. The van der Waals surface area contributed by atoms with Crippen LogP contribution in [0.5, 0.6) is 5.75 Å². The van der Waals surface area contributed by atoms with Crippen LogP contribution in [0, 0.1) is 6.92 Å². The zero-order valence-corrected chi connectivity index (χ0v) is 14.7. The highest BCUT2D eigenvalue weighted by atomic mass is 16.5. The van der Waals surface area contributed by atoms with Crippen LogP contribution < -0.4 is 9.64 Å². The first-order chi connectivity index (χ1) is 12.0. The second kappa shape index (κ2) is 6.97. The molecule has 1 fully saturated rings. The summed E-state index contributed by atoms with van der Waals surface area (Å²) in [5.41, 5.74) is 2.50. The molecule has 25 heavy (non-hydrogen) atoms. The van der Waals surface area contributed by atoms with E-state index in [1.54, 1.807) is 23.8 Å². The SMILES string of the molecule is COc1cccc(N2CCN(C(=O)c3ccc(C)cc3)C(C)C2=O)c1. The molecule has 0 N–H and O–H groups in total. The van der Waals surface area contributed by atoms with Crippen LogP contribution in [0.4, 0.5) is 5.69 Å². The lowest BCUT2D eigenvalue weighted by atomic mass is 10.1. The standard InChI is InChI=1S/C20H22N2O3/c1-14-7-9-16(10-8-14)20(24)21-11-12-22(19(23)15(21)2)17-5-4-6-18(13-17)25-3/h4-10,13,15H,11-12H2,1-3H3. The molecule has 0 radical (unpaired) electrons. The van der Waals surface area contributed by atoms with Crippen LogP contribution >= 0.6 is 0 Å². The van der Waals surface area contributed by atoms with Gasteiger partial charge in [0.05, 0.1) is 7.11 Å². The maximum atomic E-state index is 12.8. The van der Waals surface area contributed by atoms with Gasteiger partial charge in [-0.25, -0.2) is 0 Å². The molecule has 0 aromatic heterocycles. The number of methoxy groups -OCH3 is 1. The highest BCUT2D eigenvalue weighted by molar-refractivity contribution is 6.03. The maximum absolute atomic E-state index is 12.8. The summed E-state index contributed by atoms with van der Waals surface area (Å²) in [4.78, 5) is 28.9. The Hall–Kier alpha value is -2.82. The van der Waals surface area contributed by atoms with Gasteiger partial charge in [-0.3, -0.25) is 9.59 Å². The van der Waals surface area contributed by atoms with Gasteiger partial charge in [-0.15, -0.1) is 0 Å². The van der Waals surface area contributed by atoms with Crippen LogP contribution in [0.1, 0.15) is 22.8 Å². The fourth-order valence-corrected chi connectivity index (χ4v) is 3.04. The fraction of sp³-hybridized carbons (Fsp3) is 0.300. The predicted octanol–water partition coefficient (Wildman–Crippen LogP) is 2.88. The highest BCUT2D eigenvalue weighted by Crippen LogP contribution is 2.25. The minimum Gasteiger partial charge on any atom is -0.497 e. The van der Waals surface area contributed by atoms with Crippen LogP contribution in [-0.2, 0) is 4.79 Å². The van der Waals surface area contributed by atoms with Crippen LogP contribution in [-0.4, -0.2) is 43.0 Å². The Morgan fingerprint density at radius 2 is 1.84 bits per heavy atom. The van der Waals surface area contributed by atoms with E-state index in [4.69, 9.17) is 4.74 Å². The Bertz CT molecular complexity index is 786. The van der Waals surface area contributed by atoms with Crippen LogP contribution in [0.3, 0.4) is 0 Å². The Balaban J connectivity index is 1.79. The summed E-state index contributed by atoms with van der Waals surface area (Å²) in [5.74, 6) is 0.516. The van der Waals surface area contributed by atoms with E-state index in [1.807, 2.05) is 55.5 Å². The van der Waals surface area contributed by atoms with E-state index in [1.165, 1.54) is 0 Å². The number of nitrogens with zero attached hydrogens (tertiary/aromatic N) is 2. The van der Waals surface area contributed by atoms with Gasteiger partial charge >= 0.3 is 0 Å². The number of piperazine rings is 1. The first kappa shape index (κ1) is 17.0.